The second-order valence-corrected chi connectivity index (χ2v) is 4.32. The monoisotopic (exact) mass is 317 g/mol. The van der Waals surface area contributed by atoms with Crippen LogP contribution >= 0.6 is 11.6 Å². The SMILES string of the molecule is Nc1nc(-c2ccc(C(F)F)cc2F)nc(C(=O)O)c1Cl. The van der Waals surface area contributed by atoms with E-state index in [4.69, 9.17) is 22.4 Å². The molecule has 21 heavy (non-hydrogen) atoms. The first kappa shape index (κ1) is 15.0. The Hall–Kier alpha value is -2.35. The minimum Gasteiger partial charge on any atom is -0.476 e. The third-order valence-corrected chi connectivity index (χ3v) is 2.94. The van der Waals surface area contributed by atoms with Gasteiger partial charge in [0.15, 0.2) is 11.5 Å². The molecule has 0 aliphatic rings. The third kappa shape index (κ3) is 2.89. The van der Waals surface area contributed by atoms with E-state index in [9.17, 15) is 18.0 Å². The molecule has 9 heteroatoms. The summed E-state index contributed by atoms with van der Waals surface area (Å²) in [6.07, 6.45) is -2.83. The Morgan fingerprint density at radius 2 is 2.00 bits per heavy atom. The van der Waals surface area contributed by atoms with Crippen molar-refractivity contribution in [3.8, 4) is 11.4 Å². The number of carboxylic acid groups (broad SMARTS) is 1. The minimum absolute atomic E-state index is 0.259. The standard InChI is InChI=1S/C12H7ClF3N3O2/c13-7-8(12(20)21)18-11(19-10(7)17)5-2-1-4(9(15)16)3-6(5)14/h1-3,9H,(H,20,21)(H2,17,18,19). The van der Waals surface area contributed by atoms with E-state index >= 15 is 0 Å². The Morgan fingerprint density at radius 3 is 2.52 bits per heavy atom. The fourth-order valence-electron chi connectivity index (χ4n) is 1.58. The number of nitrogen functional groups attached to an aromatic ring is 1. The molecule has 3 N–H and O–H groups in total. The molecule has 0 radical (unpaired) electrons. The summed E-state index contributed by atoms with van der Waals surface area (Å²) in [5, 5.41) is 8.55. The number of anilines is 1. The maximum atomic E-state index is 13.8. The number of carbonyl (C=O) groups is 1. The van der Waals surface area contributed by atoms with Crippen LogP contribution in [0, 0.1) is 5.82 Å². The van der Waals surface area contributed by atoms with Gasteiger partial charge in [0.2, 0.25) is 0 Å². The lowest BCUT2D eigenvalue weighted by atomic mass is 10.1. The van der Waals surface area contributed by atoms with Gasteiger partial charge in [0.1, 0.15) is 16.7 Å². The Bertz CT molecular complexity index is 725. The van der Waals surface area contributed by atoms with Crippen LogP contribution in [0.2, 0.25) is 5.02 Å². The van der Waals surface area contributed by atoms with Gasteiger partial charge in [-0.15, -0.1) is 0 Å². The first-order valence-electron chi connectivity index (χ1n) is 5.45. The molecule has 0 aliphatic carbocycles. The van der Waals surface area contributed by atoms with Crippen molar-refractivity contribution in [1.29, 1.82) is 0 Å². The van der Waals surface area contributed by atoms with Crippen molar-refractivity contribution < 1.29 is 23.1 Å². The summed E-state index contributed by atoms with van der Waals surface area (Å²) in [4.78, 5) is 18.2. The molecule has 5 nitrogen and oxygen atoms in total. The lowest BCUT2D eigenvalue weighted by Crippen LogP contribution is -2.08. The highest BCUT2D eigenvalue weighted by Gasteiger charge is 2.20. The smallest absolute Gasteiger partial charge is 0.356 e. The summed E-state index contributed by atoms with van der Waals surface area (Å²) in [5.41, 5.74) is 4.06. The molecule has 2 aromatic rings. The maximum absolute atomic E-state index is 13.8. The van der Waals surface area contributed by atoms with E-state index in [2.05, 4.69) is 9.97 Å². The molecular formula is C12H7ClF3N3O2. The molecule has 0 amide bonds. The average Bonchev–Trinajstić information content (AvgIpc) is 2.41. The van der Waals surface area contributed by atoms with Crippen molar-refractivity contribution in [3.05, 3.63) is 40.3 Å². The zero-order valence-electron chi connectivity index (χ0n) is 10.1. The summed E-state index contributed by atoms with van der Waals surface area (Å²) in [5.74, 6) is -3.20. The quantitative estimate of drug-likeness (QED) is 0.907. The fourth-order valence-corrected chi connectivity index (χ4v) is 1.74. The summed E-state index contributed by atoms with van der Waals surface area (Å²) in [6.45, 7) is 0. The number of hydrogen-bond acceptors (Lipinski definition) is 4. The highest BCUT2D eigenvalue weighted by Crippen LogP contribution is 2.28. The molecule has 0 aliphatic heterocycles. The van der Waals surface area contributed by atoms with Crippen molar-refractivity contribution >= 4 is 23.4 Å². The van der Waals surface area contributed by atoms with Gasteiger partial charge in [0.25, 0.3) is 6.43 Å². The van der Waals surface area contributed by atoms with Crippen LogP contribution in [0.4, 0.5) is 19.0 Å². The summed E-state index contributed by atoms with van der Waals surface area (Å²) >= 11 is 5.63. The van der Waals surface area contributed by atoms with Crippen molar-refractivity contribution in [3.63, 3.8) is 0 Å². The lowest BCUT2D eigenvalue weighted by Gasteiger charge is -2.08. The summed E-state index contributed by atoms with van der Waals surface area (Å²) in [7, 11) is 0. The number of aromatic nitrogens is 2. The van der Waals surface area contributed by atoms with E-state index in [1.165, 1.54) is 0 Å². The second-order valence-electron chi connectivity index (χ2n) is 3.94. The predicted octanol–water partition coefficient (Wildman–Crippen LogP) is 3.15. The first-order chi connectivity index (χ1) is 9.81. The van der Waals surface area contributed by atoms with Gasteiger partial charge in [0, 0.05) is 5.56 Å². The van der Waals surface area contributed by atoms with Crippen LogP contribution in [-0.2, 0) is 0 Å². The van der Waals surface area contributed by atoms with Crippen LogP contribution in [0.1, 0.15) is 22.5 Å². The Kier molecular flexibility index (Phi) is 3.99. The van der Waals surface area contributed by atoms with Gasteiger partial charge in [-0.1, -0.05) is 17.7 Å². The number of nitrogens with two attached hydrogens (primary N) is 1. The zero-order chi connectivity index (χ0) is 15.7. The number of benzene rings is 1. The maximum Gasteiger partial charge on any atom is 0.356 e. The molecule has 1 heterocycles. The van der Waals surface area contributed by atoms with Gasteiger partial charge in [-0.3, -0.25) is 0 Å². The van der Waals surface area contributed by atoms with Gasteiger partial charge in [-0.05, 0) is 12.1 Å². The van der Waals surface area contributed by atoms with E-state index in [-0.39, 0.29) is 22.2 Å². The van der Waals surface area contributed by atoms with E-state index in [1.54, 1.807) is 0 Å². The molecular weight excluding hydrogens is 311 g/mol. The van der Waals surface area contributed by atoms with Gasteiger partial charge in [0.05, 0.1) is 5.56 Å². The summed E-state index contributed by atoms with van der Waals surface area (Å²) in [6, 6.07) is 2.62. The molecule has 0 bridgehead atoms. The van der Waals surface area contributed by atoms with E-state index in [0.717, 1.165) is 12.1 Å². The number of hydrogen-bond donors (Lipinski definition) is 2. The van der Waals surface area contributed by atoms with E-state index in [1.807, 2.05) is 0 Å². The van der Waals surface area contributed by atoms with Crippen molar-refractivity contribution in [1.82, 2.24) is 9.97 Å². The van der Waals surface area contributed by atoms with Crippen LogP contribution in [0.25, 0.3) is 11.4 Å². The molecule has 0 saturated heterocycles. The van der Waals surface area contributed by atoms with Crippen LogP contribution < -0.4 is 5.73 Å². The van der Waals surface area contributed by atoms with Gasteiger partial charge < -0.3 is 10.8 Å². The fraction of sp³-hybridized carbons (Fsp3) is 0.0833. The number of carboxylic acids is 1. The summed E-state index contributed by atoms with van der Waals surface area (Å²) < 4.78 is 38.7. The van der Waals surface area contributed by atoms with Gasteiger partial charge in [-0.25, -0.2) is 27.9 Å². The molecule has 0 fully saturated rings. The number of halogens is 4. The van der Waals surface area contributed by atoms with Crippen molar-refractivity contribution in [2.24, 2.45) is 0 Å². The van der Waals surface area contributed by atoms with Crippen LogP contribution in [0.15, 0.2) is 18.2 Å². The average molecular weight is 318 g/mol. The van der Waals surface area contributed by atoms with Crippen LogP contribution in [0.3, 0.4) is 0 Å². The van der Waals surface area contributed by atoms with Crippen molar-refractivity contribution in [2.45, 2.75) is 6.43 Å². The zero-order valence-corrected chi connectivity index (χ0v) is 10.9. The largest absolute Gasteiger partial charge is 0.476 e. The Labute approximate surface area is 121 Å². The predicted molar refractivity (Wildman–Crippen MR) is 68.8 cm³/mol. The normalized spacial score (nSPS) is 10.9. The van der Waals surface area contributed by atoms with E-state index in [0.29, 0.717) is 6.07 Å². The molecule has 0 spiro atoms. The van der Waals surface area contributed by atoms with Gasteiger partial charge >= 0.3 is 5.97 Å². The topological polar surface area (TPSA) is 89.1 Å². The van der Waals surface area contributed by atoms with Crippen LogP contribution in [-0.4, -0.2) is 21.0 Å². The molecule has 0 atom stereocenters. The first-order valence-corrected chi connectivity index (χ1v) is 5.83. The minimum atomic E-state index is -2.83. The van der Waals surface area contributed by atoms with Crippen molar-refractivity contribution in [2.75, 3.05) is 5.73 Å². The number of aromatic carboxylic acids is 1. The number of rotatable bonds is 3. The number of alkyl halides is 2. The number of nitrogens with zero attached hydrogens (tertiary/aromatic N) is 2. The molecule has 1 aromatic heterocycles. The Balaban J connectivity index is 2.60. The molecule has 0 saturated carbocycles. The molecule has 2 rings (SSSR count). The molecule has 1 aromatic carbocycles. The van der Waals surface area contributed by atoms with Gasteiger partial charge in [-0.2, -0.15) is 0 Å². The highest BCUT2D eigenvalue weighted by molar-refractivity contribution is 6.35. The third-order valence-electron chi connectivity index (χ3n) is 2.57. The Morgan fingerprint density at radius 1 is 1.33 bits per heavy atom. The molecule has 110 valence electrons. The highest BCUT2D eigenvalue weighted by atomic mass is 35.5. The molecule has 0 unspecified atom stereocenters. The van der Waals surface area contributed by atoms with E-state index < -0.39 is 29.5 Å². The second kappa shape index (κ2) is 5.57. The van der Waals surface area contributed by atoms with Crippen LogP contribution in [0.5, 0.6) is 0 Å². The lowest BCUT2D eigenvalue weighted by molar-refractivity contribution is 0.0690.